The van der Waals surface area contributed by atoms with Crippen molar-refractivity contribution in [3.8, 4) is 5.75 Å². The second-order valence-corrected chi connectivity index (χ2v) is 7.30. The minimum absolute atomic E-state index is 0. The van der Waals surface area contributed by atoms with E-state index >= 15 is 0 Å². The maximum Gasteiger partial charge on any atom is 0.227 e. The first-order valence-electron chi connectivity index (χ1n) is 9.41. The number of carbonyl (C=O) groups excluding carboxylic acids is 1. The SMILES string of the molecule is CN=C(NCc1ccc(O)c(F)c1)N1CCN(C(=O)Cc2cccc(Cl)c2)CC1.I. The Morgan fingerprint density at radius 3 is 2.47 bits per heavy atom. The molecule has 3 rings (SSSR count). The highest BCUT2D eigenvalue weighted by molar-refractivity contribution is 14.0. The van der Waals surface area contributed by atoms with Crippen LogP contribution >= 0.6 is 35.6 Å². The summed E-state index contributed by atoms with van der Waals surface area (Å²) < 4.78 is 13.5. The predicted molar refractivity (Wildman–Crippen MR) is 127 cm³/mol. The van der Waals surface area contributed by atoms with Gasteiger partial charge < -0.3 is 20.2 Å². The van der Waals surface area contributed by atoms with E-state index in [1.807, 2.05) is 23.1 Å². The Hall–Kier alpha value is -2.07. The van der Waals surface area contributed by atoms with Crippen molar-refractivity contribution in [2.24, 2.45) is 4.99 Å². The lowest BCUT2D eigenvalue weighted by molar-refractivity contribution is -0.131. The smallest absolute Gasteiger partial charge is 0.227 e. The normalized spacial score (nSPS) is 14.3. The van der Waals surface area contributed by atoms with Crippen LogP contribution < -0.4 is 5.32 Å². The van der Waals surface area contributed by atoms with Gasteiger partial charge in [0.1, 0.15) is 0 Å². The molecule has 2 aromatic rings. The van der Waals surface area contributed by atoms with Crippen molar-refractivity contribution in [3.63, 3.8) is 0 Å². The third-order valence-corrected chi connectivity index (χ3v) is 5.09. The molecule has 6 nitrogen and oxygen atoms in total. The van der Waals surface area contributed by atoms with Crippen LogP contribution in [-0.2, 0) is 17.8 Å². The minimum atomic E-state index is -0.647. The first-order chi connectivity index (χ1) is 14.0. The van der Waals surface area contributed by atoms with Gasteiger partial charge in [0.15, 0.2) is 17.5 Å². The number of amides is 1. The number of phenolic OH excluding ortho intramolecular Hbond substituents is 1. The lowest BCUT2D eigenvalue weighted by Crippen LogP contribution is -2.53. The summed E-state index contributed by atoms with van der Waals surface area (Å²) in [5.74, 6) is -0.238. The number of carbonyl (C=O) groups is 1. The van der Waals surface area contributed by atoms with E-state index in [9.17, 15) is 14.3 Å². The average Bonchev–Trinajstić information content (AvgIpc) is 2.71. The number of hydrogen-bond acceptors (Lipinski definition) is 3. The molecular weight excluding hydrogens is 522 g/mol. The third kappa shape index (κ3) is 6.46. The number of phenols is 1. The number of halogens is 3. The molecule has 162 valence electrons. The Kier molecular flexibility index (Phi) is 9.16. The van der Waals surface area contributed by atoms with Gasteiger partial charge in [0, 0.05) is 44.8 Å². The van der Waals surface area contributed by atoms with Gasteiger partial charge in [-0.3, -0.25) is 9.79 Å². The van der Waals surface area contributed by atoms with Gasteiger partial charge in [-0.15, -0.1) is 24.0 Å². The molecule has 1 amide bonds. The van der Waals surface area contributed by atoms with Crippen molar-refractivity contribution in [2.75, 3.05) is 33.2 Å². The van der Waals surface area contributed by atoms with Crippen LogP contribution in [0.15, 0.2) is 47.5 Å². The monoisotopic (exact) mass is 546 g/mol. The molecule has 1 aliphatic heterocycles. The minimum Gasteiger partial charge on any atom is -0.505 e. The third-order valence-electron chi connectivity index (χ3n) is 4.85. The summed E-state index contributed by atoms with van der Waals surface area (Å²) in [6.45, 7) is 2.91. The molecule has 0 radical (unpaired) electrons. The van der Waals surface area contributed by atoms with E-state index in [0.717, 1.165) is 5.56 Å². The zero-order chi connectivity index (χ0) is 20.8. The molecule has 0 spiro atoms. The molecule has 1 fully saturated rings. The van der Waals surface area contributed by atoms with Crippen LogP contribution in [0.25, 0.3) is 0 Å². The van der Waals surface area contributed by atoms with Crippen LogP contribution in [0, 0.1) is 5.82 Å². The Morgan fingerprint density at radius 1 is 1.13 bits per heavy atom. The first-order valence-corrected chi connectivity index (χ1v) is 9.79. The highest BCUT2D eigenvalue weighted by atomic mass is 127. The second-order valence-electron chi connectivity index (χ2n) is 6.86. The van der Waals surface area contributed by atoms with Gasteiger partial charge in [0.25, 0.3) is 0 Å². The standard InChI is InChI=1S/C21H24ClFN4O2.HI/c1-24-21(25-14-16-5-6-19(28)18(23)12-16)27-9-7-26(8-10-27)20(29)13-15-3-2-4-17(22)11-15;/h2-6,11-12,28H,7-10,13-14H2,1H3,(H,24,25);1H. The summed E-state index contributed by atoms with van der Waals surface area (Å²) in [4.78, 5) is 20.8. The van der Waals surface area contributed by atoms with Gasteiger partial charge in [0.2, 0.25) is 5.91 Å². The Bertz CT molecular complexity index is 904. The van der Waals surface area contributed by atoms with Crippen LogP contribution in [0.2, 0.25) is 5.02 Å². The number of piperazine rings is 1. The predicted octanol–water partition coefficient (Wildman–Crippen LogP) is 3.27. The van der Waals surface area contributed by atoms with Crippen LogP contribution in [0.4, 0.5) is 4.39 Å². The number of aliphatic imine (C=N–C) groups is 1. The first kappa shape index (κ1) is 24.2. The Labute approximate surface area is 197 Å². The Balaban J connectivity index is 0.00000320. The molecule has 2 aromatic carbocycles. The number of rotatable bonds is 4. The van der Waals surface area contributed by atoms with Crippen LogP contribution in [-0.4, -0.2) is 60.0 Å². The van der Waals surface area contributed by atoms with E-state index in [4.69, 9.17) is 11.6 Å². The highest BCUT2D eigenvalue weighted by Gasteiger charge is 2.23. The molecule has 30 heavy (non-hydrogen) atoms. The number of aromatic hydroxyl groups is 1. The van der Waals surface area contributed by atoms with Gasteiger partial charge in [-0.25, -0.2) is 4.39 Å². The molecule has 1 saturated heterocycles. The maximum atomic E-state index is 13.5. The second kappa shape index (κ2) is 11.4. The van der Waals surface area contributed by atoms with E-state index in [2.05, 4.69) is 15.2 Å². The molecule has 2 N–H and O–H groups in total. The number of hydrogen-bond donors (Lipinski definition) is 2. The summed E-state index contributed by atoms with van der Waals surface area (Å²) in [5.41, 5.74) is 1.61. The van der Waals surface area contributed by atoms with Crippen molar-refractivity contribution < 1.29 is 14.3 Å². The number of nitrogens with zero attached hydrogens (tertiary/aromatic N) is 3. The van der Waals surface area contributed by atoms with Crippen LogP contribution in [0.3, 0.4) is 0 Å². The zero-order valence-corrected chi connectivity index (χ0v) is 19.7. The number of benzene rings is 2. The van der Waals surface area contributed by atoms with E-state index in [0.29, 0.717) is 55.7 Å². The molecule has 0 saturated carbocycles. The summed E-state index contributed by atoms with van der Waals surface area (Å²) in [6, 6.07) is 11.6. The summed E-state index contributed by atoms with van der Waals surface area (Å²) in [5, 5.41) is 13.1. The lowest BCUT2D eigenvalue weighted by Gasteiger charge is -2.36. The van der Waals surface area contributed by atoms with E-state index < -0.39 is 5.82 Å². The van der Waals surface area contributed by atoms with Crippen molar-refractivity contribution in [1.82, 2.24) is 15.1 Å². The summed E-state index contributed by atoms with van der Waals surface area (Å²) >= 11 is 5.99. The molecule has 0 unspecified atom stereocenters. The van der Waals surface area contributed by atoms with Gasteiger partial charge in [-0.2, -0.15) is 0 Å². The fraction of sp³-hybridized carbons (Fsp3) is 0.333. The Morgan fingerprint density at radius 2 is 1.83 bits per heavy atom. The molecule has 0 aliphatic carbocycles. The summed E-state index contributed by atoms with van der Waals surface area (Å²) in [6.07, 6.45) is 0.333. The van der Waals surface area contributed by atoms with Gasteiger partial charge in [-0.05, 0) is 35.4 Å². The molecule has 0 aromatic heterocycles. The van der Waals surface area contributed by atoms with Crippen molar-refractivity contribution >= 4 is 47.4 Å². The van der Waals surface area contributed by atoms with E-state index in [-0.39, 0.29) is 35.6 Å². The van der Waals surface area contributed by atoms with Crippen molar-refractivity contribution in [3.05, 3.63) is 64.4 Å². The number of guanidine groups is 1. The van der Waals surface area contributed by atoms with Crippen molar-refractivity contribution in [1.29, 1.82) is 0 Å². The molecule has 9 heteroatoms. The molecule has 0 atom stereocenters. The molecular formula is C21H25ClFIN4O2. The fourth-order valence-corrected chi connectivity index (χ4v) is 3.49. The van der Waals surface area contributed by atoms with Crippen LogP contribution in [0.5, 0.6) is 5.75 Å². The van der Waals surface area contributed by atoms with E-state index in [1.54, 1.807) is 19.2 Å². The van der Waals surface area contributed by atoms with Crippen molar-refractivity contribution in [2.45, 2.75) is 13.0 Å². The lowest BCUT2D eigenvalue weighted by atomic mass is 10.1. The van der Waals surface area contributed by atoms with Crippen LogP contribution in [0.1, 0.15) is 11.1 Å². The fourth-order valence-electron chi connectivity index (χ4n) is 3.27. The van der Waals surface area contributed by atoms with Gasteiger partial charge in [-0.1, -0.05) is 29.8 Å². The maximum absolute atomic E-state index is 13.5. The quantitative estimate of drug-likeness (QED) is 0.351. The number of nitrogens with one attached hydrogen (secondary N) is 1. The molecule has 1 aliphatic rings. The highest BCUT2D eigenvalue weighted by Crippen LogP contribution is 2.16. The van der Waals surface area contributed by atoms with Gasteiger partial charge >= 0.3 is 0 Å². The largest absolute Gasteiger partial charge is 0.505 e. The summed E-state index contributed by atoms with van der Waals surface area (Å²) in [7, 11) is 1.69. The van der Waals surface area contributed by atoms with E-state index in [1.165, 1.54) is 12.1 Å². The van der Waals surface area contributed by atoms with Gasteiger partial charge in [0.05, 0.1) is 6.42 Å². The molecule has 0 bridgehead atoms. The molecule has 1 heterocycles. The topological polar surface area (TPSA) is 68.2 Å². The zero-order valence-electron chi connectivity index (χ0n) is 16.6. The average molecular weight is 547 g/mol.